The zero-order valence-electron chi connectivity index (χ0n) is 15.3. The van der Waals surface area contributed by atoms with Gasteiger partial charge in [0, 0.05) is 26.2 Å². The van der Waals surface area contributed by atoms with Crippen molar-refractivity contribution >= 4 is 32.6 Å². The molecular weight excluding hydrogens is 354 g/mol. The van der Waals surface area contributed by atoms with Crippen molar-refractivity contribution in [3.05, 3.63) is 59.7 Å². The topological polar surface area (TPSA) is 36.4 Å². The van der Waals surface area contributed by atoms with Gasteiger partial charge >= 0.3 is 0 Å². The normalized spacial score (nSPS) is 19.9. The van der Waals surface area contributed by atoms with Gasteiger partial charge in [0.25, 0.3) is 0 Å². The minimum absolute atomic E-state index is 0.0797. The van der Waals surface area contributed by atoms with Gasteiger partial charge in [-0.2, -0.15) is 0 Å². The highest BCUT2D eigenvalue weighted by Crippen LogP contribution is 2.32. The van der Waals surface area contributed by atoms with Crippen LogP contribution in [0.5, 0.6) is 0 Å². The molecule has 4 nitrogen and oxygen atoms in total. The lowest BCUT2D eigenvalue weighted by Crippen LogP contribution is -2.46. The Morgan fingerprint density at radius 3 is 2.74 bits per heavy atom. The number of para-hydroxylation sites is 1. The number of piperidine rings is 1. The van der Waals surface area contributed by atoms with E-state index in [1.807, 2.05) is 6.07 Å². The second-order valence-electron chi connectivity index (χ2n) is 7.53. The summed E-state index contributed by atoms with van der Waals surface area (Å²) in [6.45, 7) is 3.38. The van der Waals surface area contributed by atoms with Crippen LogP contribution in [0.4, 0.5) is 5.13 Å². The van der Waals surface area contributed by atoms with E-state index in [2.05, 4.69) is 52.3 Å². The highest BCUT2D eigenvalue weighted by Gasteiger charge is 2.31. The van der Waals surface area contributed by atoms with Gasteiger partial charge in [-0.05, 0) is 42.5 Å². The zero-order valence-corrected chi connectivity index (χ0v) is 16.1. The standard InChI is InChI=1S/C22H23N3OS/c26-21(24-13-11-16-6-1-2-7-17(16)14-24)18-8-5-12-25(15-18)22-23-19-9-3-4-10-20(19)27-22/h1-4,6-7,9-10,18H,5,8,11-15H2. The van der Waals surface area contributed by atoms with Crippen molar-refractivity contribution in [3.8, 4) is 0 Å². The smallest absolute Gasteiger partial charge is 0.227 e. The Hall–Kier alpha value is -2.40. The summed E-state index contributed by atoms with van der Waals surface area (Å²) in [5.74, 6) is 0.395. The van der Waals surface area contributed by atoms with E-state index in [-0.39, 0.29) is 5.92 Å². The molecule has 3 heterocycles. The van der Waals surface area contributed by atoms with Crippen LogP contribution in [0.25, 0.3) is 10.2 Å². The van der Waals surface area contributed by atoms with Crippen molar-refractivity contribution in [2.24, 2.45) is 5.92 Å². The number of thiazole rings is 1. The molecule has 0 aliphatic carbocycles. The number of hydrogen-bond donors (Lipinski definition) is 0. The molecule has 1 unspecified atom stereocenters. The van der Waals surface area contributed by atoms with Gasteiger partial charge in [0.2, 0.25) is 5.91 Å². The molecule has 2 aliphatic heterocycles. The van der Waals surface area contributed by atoms with Crippen molar-refractivity contribution in [3.63, 3.8) is 0 Å². The minimum Gasteiger partial charge on any atom is -0.347 e. The molecule has 1 saturated heterocycles. The van der Waals surface area contributed by atoms with Crippen molar-refractivity contribution < 1.29 is 4.79 Å². The van der Waals surface area contributed by atoms with E-state index in [9.17, 15) is 4.79 Å². The molecule has 3 aromatic rings. The lowest BCUT2D eigenvalue weighted by atomic mass is 9.94. The number of anilines is 1. The van der Waals surface area contributed by atoms with Crippen LogP contribution < -0.4 is 4.90 Å². The van der Waals surface area contributed by atoms with Crippen LogP contribution in [0.3, 0.4) is 0 Å². The third kappa shape index (κ3) is 3.21. The van der Waals surface area contributed by atoms with Gasteiger partial charge in [-0.1, -0.05) is 47.7 Å². The maximum absolute atomic E-state index is 13.2. The summed E-state index contributed by atoms with van der Waals surface area (Å²) in [4.78, 5) is 22.4. The highest BCUT2D eigenvalue weighted by atomic mass is 32.1. The van der Waals surface area contributed by atoms with Crippen LogP contribution in [0, 0.1) is 5.92 Å². The second-order valence-corrected chi connectivity index (χ2v) is 8.54. The lowest BCUT2D eigenvalue weighted by Gasteiger charge is -2.36. The molecule has 27 heavy (non-hydrogen) atoms. The summed E-state index contributed by atoms with van der Waals surface area (Å²) in [7, 11) is 0. The maximum Gasteiger partial charge on any atom is 0.227 e. The van der Waals surface area contributed by atoms with Crippen molar-refractivity contribution in [2.45, 2.75) is 25.8 Å². The number of carbonyl (C=O) groups excluding carboxylic acids is 1. The summed E-state index contributed by atoms with van der Waals surface area (Å²) >= 11 is 1.73. The van der Waals surface area contributed by atoms with Crippen LogP contribution in [-0.4, -0.2) is 35.4 Å². The van der Waals surface area contributed by atoms with Gasteiger partial charge < -0.3 is 9.80 Å². The van der Waals surface area contributed by atoms with E-state index >= 15 is 0 Å². The fourth-order valence-corrected chi connectivity index (χ4v) is 5.29. The quantitative estimate of drug-likeness (QED) is 0.675. The van der Waals surface area contributed by atoms with Gasteiger partial charge in [0.15, 0.2) is 5.13 Å². The second kappa shape index (κ2) is 6.97. The third-order valence-electron chi connectivity index (χ3n) is 5.77. The number of benzene rings is 2. The van der Waals surface area contributed by atoms with E-state index in [4.69, 9.17) is 4.98 Å². The zero-order chi connectivity index (χ0) is 18.2. The van der Waals surface area contributed by atoms with Crippen LogP contribution >= 0.6 is 11.3 Å². The fraction of sp³-hybridized carbons (Fsp3) is 0.364. The van der Waals surface area contributed by atoms with E-state index in [1.54, 1.807) is 11.3 Å². The Balaban J connectivity index is 1.31. The van der Waals surface area contributed by atoms with Gasteiger partial charge in [0.1, 0.15) is 0 Å². The van der Waals surface area contributed by atoms with Gasteiger partial charge in [0.05, 0.1) is 16.1 Å². The molecule has 0 radical (unpaired) electrons. The molecule has 1 atom stereocenters. The number of carbonyl (C=O) groups is 1. The predicted octanol–water partition coefficient (Wildman–Crippen LogP) is 4.10. The van der Waals surface area contributed by atoms with Crippen LogP contribution in [-0.2, 0) is 17.8 Å². The number of hydrogen-bond acceptors (Lipinski definition) is 4. The first-order valence-corrected chi connectivity index (χ1v) is 10.6. The van der Waals surface area contributed by atoms with Gasteiger partial charge in [-0.15, -0.1) is 0 Å². The molecule has 0 saturated carbocycles. The molecule has 1 fully saturated rings. The summed E-state index contributed by atoms with van der Waals surface area (Å²) in [6.07, 6.45) is 3.01. The van der Waals surface area contributed by atoms with E-state index in [1.165, 1.54) is 15.8 Å². The Kier molecular flexibility index (Phi) is 4.32. The number of nitrogens with zero attached hydrogens (tertiary/aromatic N) is 3. The van der Waals surface area contributed by atoms with E-state index in [0.29, 0.717) is 5.91 Å². The average molecular weight is 378 g/mol. The summed E-state index contributed by atoms with van der Waals surface area (Å²) in [5.41, 5.74) is 3.75. The number of amides is 1. The number of rotatable bonds is 2. The molecule has 2 aliphatic rings. The van der Waals surface area contributed by atoms with Crippen molar-refractivity contribution in [1.29, 1.82) is 0 Å². The molecule has 0 bridgehead atoms. The third-order valence-corrected chi connectivity index (χ3v) is 6.86. The predicted molar refractivity (Wildman–Crippen MR) is 110 cm³/mol. The van der Waals surface area contributed by atoms with Gasteiger partial charge in [-0.25, -0.2) is 4.98 Å². The van der Waals surface area contributed by atoms with Crippen LogP contribution in [0.2, 0.25) is 0 Å². The summed E-state index contributed by atoms with van der Waals surface area (Å²) in [5, 5.41) is 1.05. The van der Waals surface area contributed by atoms with E-state index < -0.39 is 0 Å². The Morgan fingerprint density at radius 1 is 1.04 bits per heavy atom. The highest BCUT2D eigenvalue weighted by molar-refractivity contribution is 7.22. The number of fused-ring (bicyclic) bond motifs is 2. The molecule has 1 amide bonds. The molecule has 0 N–H and O–H groups in total. The summed E-state index contributed by atoms with van der Waals surface area (Å²) in [6, 6.07) is 16.8. The first-order valence-electron chi connectivity index (χ1n) is 9.74. The largest absolute Gasteiger partial charge is 0.347 e. The Morgan fingerprint density at radius 2 is 1.85 bits per heavy atom. The Bertz CT molecular complexity index is 949. The number of aromatic nitrogens is 1. The minimum atomic E-state index is 0.0797. The molecule has 5 rings (SSSR count). The fourth-order valence-electron chi connectivity index (χ4n) is 4.29. The first kappa shape index (κ1) is 16.8. The van der Waals surface area contributed by atoms with Gasteiger partial charge in [-0.3, -0.25) is 4.79 Å². The average Bonchev–Trinajstić information content (AvgIpc) is 3.17. The van der Waals surface area contributed by atoms with Crippen molar-refractivity contribution in [1.82, 2.24) is 9.88 Å². The van der Waals surface area contributed by atoms with Crippen LogP contribution in [0.15, 0.2) is 48.5 Å². The molecule has 0 spiro atoms. The molecule has 1 aromatic heterocycles. The lowest BCUT2D eigenvalue weighted by molar-refractivity contribution is -0.136. The molecule has 2 aromatic carbocycles. The Labute approximate surface area is 163 Å². The van der Waals surface area contributed by atoms with Crippen LogP contribution in [0.1, 0.15) is 24.0 Å². The molecule has 138 valence electrons. The molecular formula is C22H23N3OS. The molecule has 5 heteroatoms. The van der Waals surface area contributed by atoms with E-state index in [0.717, 1.165) is 56.1 Å². The SMILES string of the molecule is O=C(C1CCCN(c2nc3ccccc3s2)C1)N1CCc2ccccc2C1. The first-order chi connectivity index (χ1) is 13.3. The maximum atomic E-state index is 13.2. The monoisotopic (exact) mass is 377 g/mol. The summed E-state index contributed by atoms with van der Waals surface area (Å²) < 4.78 is 1.22. The van der Waals surface area contributed by atoms with Crippen molar-refractivity contribution in [2.75, 3.05) is 24.5 Å².